The Labute approximate surface area is 164 Å². The lowest BCUT2D eigenvalue weighted by atomic mass is 10.0. The van der Waals surface area contributed by atoms with E-state index in [4.69, 9.17) is 0 Å². The number of likely N-dealkylation sites (tertiary alicyclic amines) is 1. The van der Waals surface area contributed by atoms with Crippen molar-refractivity contribution in [3.8, 4) is 0 Å². The lowest BCUT2D eigenvalue weighted by Crippen LogP contribution is -2.56. The maximum atomic E-state index is 12.9. The first-order valence-corrected chi connectivity index (χ1v) is 9.88. The first kappa shape index (κ1) is 18.6. The molecule has 1 N–H and O–H groups in total. The third kappa shape index (κ3) is 4.22. The quantitative estimate of drug-likeness (QED) is 0.828. The summed E-state index contributed by atoms with van der Waals surface area (Å²) < 4.78 is 2.01. The second-order valence-corrected chi connectivity index (χ2v) is 7.49. The van der Waals surface area contributed by atoms with Gasteiger partial charge in [-0.2, -0.15) is 0 Å². The van der Waals surface area contributed by atoms with Gasteiger partial charge in [0.25, 0.3) is 0 Å². The van der Waals surface area contributed by atoms with Gasteiger partial charge in [0, 0.05) is 38.8 Å². The van der Waals surface area contributed by atoms with Crippen LogP contribution in [0, 0.1) is 0 Å². The van der Waals surface area contributed by atoms with E-state index in [0.717, 1.165) is 24.9 Å². The Kier molecular flexibility index (Phi) is 5.66. The number of piperidine rings is 1. The number of rotatable bonds is 5. The van der Waals surface area contributed by atoms with Crippen LogP contribution in [0.2, 0.25) is 0 Å². The highest BCUT2D eigenvalue weighted by Crippen LogP contribution is 2.23. The van der Waals surface area contributed by atoms with Crippen LogP contribution in [-0.2, 0) is 16.1 Å². The van der Waals surface area contributed by atoms with Gasteiger partial charge in [-0.15, -0.1) is 10.2 Å². The van der Waals surface area contributed by atoms with Gasteiger partial charge in [-0.1, -0.05) is 30.3 Å². The SMILES string of the molecule is O=C1NCCN(Cc2ccccc2)C1CC(=O)N1CCC(n2cnnc2)CC1. The van der Waals surface area contributed by atoms with Gasteiger partial charge in [-0.3, -0.25) is 14.5 Å². The Hall–Kier alpha value is -2.74. The van der Waals surface area contributed by atoms with Gasteiger partial charge < -0.3 is 14.8 Å². The van der Waals surface area contributed by atoms with Gasteiger partial charge >= 0.3 is 0 Å². The molecule has 2 aliphatic heterocycles. The number of hydrogen-bond donors (Lipinski definition) is 1. The molecule has 28 heavy (non-hydrogen) atoms. The number of carbonyl (C=O) groups is 2. The van der Waals surface area contributed by atoms with Gasteiger partial charge in [-0.25, -0.2) is 0 Å². The summed E-state index contributed by atoms with van der Waals surface area (Å²) in [7, 11) is 0. The van der Waals surface area contributed by atoms with E-state index < -0.39 is 6.04 Å². The highest BCUT2D eigenvalue weighted by molar-refractivity contribution is 5.88. The summed E-state index contributed by atoms with van der Waals surface area (Å²) in [4.78, 5) is 29.4. The standard InChI is InChI=1S/C20H26N6O2/c27-19(24-9-6-17(7-10-24)26-14-22-23-15-26)12-18-20(28)21-8-11-25(18)13-16-4-2-1-3-5-16/h1-5,14-15,17-18H,6-13H2,(H,21,28). The molecule has 0 spiro atoms. The topological polar surface area (TPSA) is 83.4 Å². The highest BCUT2D eigenvalue weighted by atomic mass is 16.2. The highest BCUT2D eigenvalue weighted by Gasteiger charge is 2.34. The van der Waals surface area contributed by atoms with Gasteiger partial charge in [-0.05, 0) is 18.4 Å². The van der Waals surface area contributed by atoms with Crippen molar-refractivity contribution in [3.63, 3.8) is 0 Å². The fourth-order valence-corrected chi connectivity index (χ4v) is 4.10. The summed E-state index contributed by atoms with van der Waals surface area (Å²) >= 11 is 0. The minimum atomic E-state index is -0.406. The van der Waals surface area contributed by atoms with Crippen LogP contribution in [-0.4, -0.2) is 68.6 Å². The molecular weight excluding hydrogens is 356 g/mol. The van der Waals surface area contributed by atoms with Gasteiger partial charge in [0.05, 0.1) is 12.5 Å². The van der Waals surface area contributed by atoms with E-state index in [1.54, 1.807) is 12.7 Å². The molecule has 0 radical (unpaired) electrons. The molecule has 0 saturated carbocycles. The summed E-state index contributed by atoms with van der Waals surface area (Å²) in [6.45, 7) is 3.47. The fourth-order valence-electron chi connectivity index (χ4n) is 4.10. The molecule has 0 bridgehead atoms. The predicted octanol–water partition coefficient (Wildman–Crippen LogP) is 0.832. The number of nitrogens with zero attached hydrogens (tertiary/aromatic N) is 5. The van der Waals surface area contributed by atoms with Crippen molar-refractivity contribution in [3.05, 3.63) is 48.5 Å². The number of piperazine rings is 1. The lowest BCUT2D eigenvalue weighted by Gasteiger charge is -2.37. The number of amides is 2. The zero-order valence-electron chi connectivity index (χ0n) is 15.9. The van der Waals surface area contributed by atoms with E-state index >= 15 is 0 Å². The van der Waals surface area contributed by atoms with Crippen LogP contribution in [0.15, 0.2) is 43.0 Å². The van der Waals surface area contributed by atoms with Crippen LogP contribution < -0.4 is 5.32 Å². The number of hydrogen-bond acceptors (Lipinski definition) is 5. The fraction of sp³-hybridized carbons (Fsp3) is 0.500. The van der Waals surface area contributed by atoms with Crippen molar-refractivity contribution in [2.24, 2.45) is 0 Å². The first-order chi connectivity index (χ1) is 13.7. The van der Waals surface area contributed by atoms with Crippen LogP contribution in [0.5, 0.6) is 0 Å². The molecule has 1 unspecified atom stereocenters. The molecule has 1 atom stereocenters. The largest absolute Gasteiger partial charge is 0.353 e. The number of nitrogens with one attached hydrogen (secondary N) is 1. The van der Waals surface area contributed by atoms with Crippen molar-refractivity contribution in [2.45, 2.75) is 37.9 Å². The van der Waals surface area contributed by atoms with Crippen molar-refractivity contribution >= 4 is 11.8 Å². The van der Waals surface area contributed by atoms with Crippen molar-refractivity contribution < 1.29 is 9.59 Å². The molecule has 0 aliphatic carbocycles. The van der Waals surface area contributed by atoms with Crippen molar-refractivity contribution in [2.75, 3.05) is 26.2 Å². The van der Waals surface area contributed by atoms with Crippen molar-refractivity contribution in [1.29, 1.82) is 0 Å². The molecule has 2 fully saturated rings. The van der Waals surface area contributed by atoms with E-state index in [1.165, 1.54) is 0 Å². The summed E-state index contributed by atoms with van der Waals surface area (Å²) in [6, 6.07) is 10.0. The molecule has 3 heterocycles. The molecule has 1 aromatic carbocycles. The van der Waals surface area contributed by atoms with Crippen LogP contribution in [0.1, 0.15) is 30.9 Å². The smallest absolute Gasteiger partial charge is 0.237 e. The Bertz CT molecular complexity index is 786. The summed E-state index contributed by atoms with van der Waals surface area (Å²) in [6.07, 6.45) is 5.46. The molecule has 1 aromatic heterocycles. The molecular formula is C20H26N6O2. The lowest BCUT2D eigenvalue weighted by molar-refractivity contribution is -0.139. The van der Waals surface area contributed by atoms with Crippen LogP contribution in [0.4, 0.5) is 0 Å². The molecule has 148 valence electrons. The minimum absolute atomic E-state index is 0.0464. The zero-order valence-corrected chi connectivity index (χ0v) is 15.9. The number of carbonyl (C=O) groups excluding carboxylic acids is 2. The van der Waals surface area contributed by atoms with E-state index in [0.29, 0.717) is 32.2 Å². The molecule has 2 aromatic rings. The maximum absolute atomic E-state index is 12.9. The third-order valence-electron chi connectivity index (χ3n) is 5.71. The summed E-state index contributed by atoms with van der Waals surface area (Å²) in [5.41, 5.74) is 1.16. The molecule has 2 amide bonds. The van der Waals surface area contributed by atoms with Gasteiger partial charge in [0.15, 0.2) is 0 Å². The average Bonchev–Trinajstić information content (AvgIpc) is 3.26. The Balaban J connectivity index is 1.35. The van der Waals surface area contributed by atoms with E-state index in [-0.39, 0.29) is 18.2 Å². The Morgan fingerprint density at radius 3 is 2.50 bits per heavy atom. The van der Waals surface area contributed by atoms with Crippen LogP contribution in [0.3, 0.4) is 0 Å². The van der Waals surface area contributed by atoms with Gasteiger partial charge in [0.1, 0.15) is 12.7 Å². The monoisotopic (exact) mass is 382 g/mol. The number of aromatic nitrogens is 3. The summed E-state index contributed by atoms with van der Waals surface area (Å²) in [5, 5.41) is 10.6. The minimum Gasteiger partial charge on any atom is -0.353 e. The van der Waals surface area contributed by atoms with Crippen LogP contribution in [0.25, 0.3) is 0 Å². The predicted molar refractivity (Wildman–Crippen MR) is 103 cm³/mol. The Morgan fingerprint density at radius 2 is 1.79 bits per heavy atom. The van der Waals surface area contributed by atoms with Gasteiger partial charge in [0.2, 0.25) is 11.8 Å². The first-order valence-electron chi connectivity index (χ1n) is 9.88. The molecule has 8 heteroatoms. The van der Waals surface area contributed by atoms with Crippen molar-refractivity contribution in [1.82, 2.24) is 29.9 Å². The maximum Gasteiger partial charge on any atom is 0.237 e. The molecule has 2 saturated heterocycles. The second-order valence-electron chi connectivity index (χ2n) is 7.49. The molecule has 8 nitrogen and oxygen atoms in total. The van der Waals surface area contributed by atoms with E-state index in [2.05, 4.69) is 32.5 Å². The zero-order chi connectivity index (χ0) is 19.3. The molecule has 4 rings (SSSR count). The number of benzene rings is 1. The second kappa shape index (κ2) is 8.52. The van der Waals surface area contributed by atoms with E-state index in [9.17, 15) is 9.59 Å². The normalized spacial score (nSPS) is 21.5. The van der Waals surface area contributed by atoms with Crippen LogP contribution >= 0.6 is 0 Å². The molecule has 2 aliphatic rings. The summed E-state index contributed by atoms with van der Waals surface area (Å²) in [5.74, 6) is 0.0113. The average molecular weight is 382 g/mol. The van der Waals surface area contributed by atoms with E-state index in [1.807, 2.05) is 27.7 Å². The Morgan fingerprint density at radius 1 is 1.07 bits per heavy atom. The third-order valence-corrected chi connectivity index (χ3v) is 5.71.